The van der Waals surface area contributed by atoms with E-state index in [1.807, 2.05) is 6.20 Å². The Kier molecular flexibility index (Phi) is 2.77. The first-order chi connectivity index (χ1) is 8.34. The molecule has 1 aromatic carbocycles. The van der Waals surface area contributed by atoms with Gasteiger partial charge in [-0.1, -0.05) is 42.9 Å². The largest absolute Gasteiger partial charge is 0.344 e. The van der Waals surface area contributed by atoms with Crippen molar-refractivity contribution in [1.29, 1.82) is 0 Å². The van der Waals surface area contributed by atoms with Gasteiger partial charge in [0.2, 0.25) is 0 Å². The highest BCUT2D eigenvalue weighted by atomic mass is 32.1. The molecule has 0 aliphatic heterocycles. The van der Waals surface area contributed by atoms with Gasteiger partial charge in [0.1, 0.15) is 4.64 Å². The molecule has 0 saturated heterocycles. The molecule has 2 aromatic rings. The minimum absolute atomic E-state index is 0.686. The summed E-state index contributed by atoms with van der Waals surface area (Å²) >= 11 is 5.13. The average Bonchev–Trinajstić information content (AvgIpc) is 2.27. The molecule has 3 heteroatoms. The van der Waals surface area contributed by atoms with Gasteiger partial charge in [-0.15, -0.1) is 0 Å². The predicted octanol–water partition coefficient (Wildman–Crippen LogP) is 4.07. The van der Waals surface area contributed by atoms with E-state index in [0.717, 1.165) is 5.69 Å². The molecule has 1 fully saturated rings. The van der Waals surface area contributed by atoms with E-state index in [9.17, 15) is 0 Å². The van der Waals surface area contributed by atoms with Crippen LogP contribution >= 0.6 is 12.2 Å². The second kappa shape index (κ2) is 4.41. The number of hydrogen-bond acceptors (Lipinski definition) is 2. The van der Waals surface area contributed by atoms with Gasteiger partial charge in [-0.2, -0.15) is 0 Å². The van der Waals surface area contributed by atoms with Gasteiger partial charge < -0.3 is 4.98 Å². The Morgan fingerprint density at radius 2 is 2.00 bits per heavy atom. The summed E-state index contributed by atoms with van der Waals surface area (Å²) in [7, 11) is 0. The number of benzene rings is 1. The number of hydrogen-bond donors (Lipinski definition) is 1. The molecule has 0 amide bonds. The Morgan fingerprint density at radius 1 is 1.18 bits per heavy atom. The lowest BCUT2D eigenvalue weighted by Gasteiger charge is -2.27. The lowest BCUT2D eigenvalue weighted by Crippen LogP contribution is -2.10. The zero-order valence-corrected chi connectivity index (χ0v) is 10.3. The molecule has 86 valence electrons. The topological polar surface area (TPSA) is 28.7 Å². The first-order valence-corrected chi connectivity index (χ1v) is 6.39. The van der Waals surface area contributed by atoms with Crippen molar-refractivity contribution in [2.24, 2.45) is 0 Å². The maximum atomic E-state index is 5.13. The fraction of sp³-hybridized carbons (Fsp3) is 0.286. The molecule has 1 aromatic heterocycles. The second-order valence-electron chi connectivity index (χ2n) is 4.53. The third kappa shape index (κ3) is 2.03. The molecular weight excluding hydrogens is 228 g/mol. The van der Waals surface area contributed by atoms with Crippen LogP contribution in [0.2, 0.25) is 0 Å². The van der Waals surface area contributed by atoms with Crippen molar-refractivity contribution in [2.75, 3.05) is 0 Å². The van der Waals surface area contributed by atoms with Crippen LogP contribution in [0.1, 0.15) is 30.7 Å². The molecule has 0 bridgehead atoms. The zero-order chi connectivity index (χ0) is 11.7. The van der Waals surface area contributed by atoms with Crippen LogP contribution in [0, 0.1) is 4.64 Å². The van der Waals surface area contributed by atoms with E-state index in [-0.39, 0.29) is 0 Å². The van der Waals surface area contributed by atoms with Gasteiger partial charge in [0.25, 0.3) is 0 Å². The van der Waals surface area contributed by atoms with E-state index in [0.29, 0.717) is 10.6 Å². The van der Waals surface area contributed by atoms with Gasteiger partial charge in [0.15, 0.2) is 0 Å². The van der Waals surface area contributed by atoms with Gasteiger partial charge in [-0.25, -0.2) is 0 Å². The van der Waals surface area contributed by atoms with Crippen molar-refractivity contribution in [1.82, 2.24) is 9.97 Å². The molecule has 1 saturated carbocycles. The van der Waals surface area contributed by atoms with Gasteiger partial charge in [-0.05, 0) is 24.3 Å². The Hall–Kier alpha value is -1.48. The monoisotopic (exact) mass is 242 g/mol. The number of nitrogens with zero attached hydrogens (tertiary/aromatic N) is 1. The van der Waals surface area contributed by atoms with Crippen molar-refractivity contribution in [2.45, 2.75) is 25.2 Å². The van der Waals surface area contributed by atoms with Gasteiger partial charge in [0.05, 0.1) is 18.1 Å². The molecule has 17 heavy (non-hydrogen) atoms. The average molecular weight is 242 g/mol. The first-order valence-electron chi connectivity index (χ1n) is 5.98. The Morgan fingerprint density at radius 3 is 2.71 bits per heavy atom. The normalized spacial score (nSPS) is 15.5. The highest BCUT2D eigenvalue weighted by Crippen LogP contribution is 2.40. The van der Waals surface area contributed by atoms with Crippen LogP contribution in [0.15, 0.2) is 36.7 Å². The van der Waals surface area contributed by atoms with E-state index >= 15 is 0 Å². The van der Waals surface area contributed by atoms with E-state index in [1.54, 1.807) is 6.20 Å². The van der Waals surface area contributed by atoms with Crippen molar-refractivity contribution in [3.05, 3.63) is 46.9 Å². The molecule has 1 heterocycles. The standard InChI is InChI=1S/C14H14N2S/c17-14-9-15-8-13(16-14)12-7-2-1-6-11(12)10-4-3-5-10/h1-2,6-10H,3-5H2,(H,16,17). The van der Waals surface area contributed by atoms with Gasteiger partial charge >= 0.3 is 0 Å². The van der Waals surface area contributed by atoms with Gasteiger partial charge in [0, 0.05) is 5.56 Å². The zero-order valence-electron chi connectivity index (χ0n) is 9.52. The number of rotatable bonds is 2. The summed E-state index contributed by atoms with van der Waals surface area (Å²) < 4.78 is 0.686. The fourth-order valence-corrected chi connectivity index (χ4v) is 2.50. The van der Waals surface area contributed by atoms with Crippen LogP contribution in [0.4, 0.5) is 0 Å². The predicted molar refractivity (Wildman–Crippen MR) is 71.4 cm³/mol. The van der Waals surface area contributed by atoms with Crippen LogP contribution in [-0.4, -0.2) is 9.97 Å². The summed E-state index contributed by atoms with van der Waals surface area (Å²) in [6.07, 6.45) is 7.48. The van der Waals surface area contributed by atoms with E-state index in [4.69, 9.17) is 12.2 Å². The third-order valence-corrected chi connectivity index (χ3v) is 3.66. The molecule has 2 nitrogen and oxygen atoms in total. The van der Waals surface area contributed by atoms with Crippen LogP contribution in [0.25, 0.3) is 11.3 Å². The highest BCUT2D eigenvalue weighted by Gasteiger charge is 2.22. The smallest absolute Gasteiger partial charge is 0.122 e. The molecule has 1 N–H and O–H groups in total. The quantitative estimate of drug-likeness (QED) is 0.804. The Bertz CT molecular complexity index is 585. The summed E-state index contributed by atoms with van der Waals surface area (Å²) in [6.45, 7) is 0. The fourth-order valence-electron chi connectivity index (χ4n) is 2.33. The molecular formula is C14H14N2S. The molecule has 1 aliphatic carbocycles. The summed E-state index contributed by atoms with van der Waals surface area (Å²) in [5.74, 6) is 0.716. The SMILES string of the molecule is S=c1cncc(-c2ccccc2C2CCC2)[nH]1. The lowest BCUT2D eigenvalue weighted by atomic mass is 9.78. The van der Waals surface area contributed by atoms with Crippen molar-refractivity contribution < 1.29 is 0 Å². The van der Waals surface area contributed by atoms with Crippen LogP contribution in [-0.2, 0) is 0 Å². The number of H-pyrrole nitrogens is 1. The maximum Gasteiger partial charge on any atom is 0.122 e. The minimum Gasteiger partial charge on any atom is -0.344 e. The molecule has 0 spiro atoms. The summed E-state index contributed by atoms with van der Waals surface area (Å²) in [5.41, 5.74) is 3.70. The van der Waals surface area contributed by atoms with Crippen molar-refractivity contribution in [3.63, 3.8) is 0 Å². The van der Waals surface area contributed by atoms with Crippen LogP contribution < -0.4 is 0 Å². The van der Waals surface area contributed by atoms with Crippen molar-refractivity contribution >= 4 is 12.2 Å². The van der Waals surface area contributed by atoms with Gasteiger partial charge in [-0.3, -0.25) is 4.98 Å². The molecule has 0 atom stereocenters. The Labute approximate surface area is 106 Å². The molecule has 0 unspecified atom stereocenters. The lowest BCUT2D eigenvalue weighted by molar-refractivity contribution is 0.420. The molecule has 3 rings (SSSR count). The number of aromatic nitrogens is 2. The van der Waals surface area contributed by atoms with Crippen molar-refractivity contribution in [3.8, 4) is 11.3 Å². The number of aromatic amines is 1. The van der Waals surface area contributed by atoms with E-state index < -0.39 is 0 Å². The summed E-state index contributed by atoms with van der Waals surface area (Å²) in [6, 6.07) is 8.56. The Balaban J connectivity index is 2.10. The summed E-state index contributed by atoms with van der Waals surface area (Å²) in [5, 5.41) is 0. The maximum absolute atomic E-state index is 5.13. The van der Waals surface area contributed by atoms with E-state index in [2.05, 4.69) is 34.2 Å². The van der Waals surface area contributed by atoms with Crippen LogP contribution in [0.5, 0.6) is 0 Å². The second-order valence-corrected chi connectivity index (χ2v) is 4.97. The minimum atomic E-state index is 0.686. The highest BCUT2D eigenvalue weighted by molar-refractivity contribution is 7.71. The molecule has 1 aliphatic rings. The first kappa shape index (κ1) is 10.7. The third-order valence-electron chi connectivity index (χ3n) is 3.45. The summed E-state index contributed by atoms with van der Waals surface area (Å²) in [4.78, 5) is 7.39. The molecule has 0 radical (unpaired) electrons. The van der Waals surface area contributed by atoms with Crippen LogP contribution in [0.3, 0.4) is 0 Å². The number of nitrogens with one attached hydrogen (secondary N) is 1. The van der Waals surface area contributed by atoms with E-state index in [1.165, 1.54) is 30.4 Å².